The molecule has 1 aromatic heterocycles. The van der Waals surface area contributed by atoms with Gasteiger partial charge in [-0.2, -0.15) is 5.10 Å². The summed E-state index contributed by atoms with van der Waals surface area (Å²) in [5.74, 6) is -1.04. The van der Waals surface area contributed by atoms with Gasteiger partial charge in [0, 0.05) is 0 Å². The van der Waals surface area contributed by atoms with Gasteiger partial charge in [-0.15, -0.1) is 0 Å². The van der Waals surface area contributed by atoms with E-state index < -0.39 is 5.97 Å². The summed E-state index contributed by atoms with van der Waals surface area (Å²) in [5, 5.41) is 13.6. The molecule has 5 heteroatoms. The Kier molecular flexibility index (Phi) is 3.86. The number of carboxylic acids is 1. The lowest BCUT2D eigenvalue weighted by Crippen LogP contribution is -2.06. The standard InChI is InChI=1S/C15H17ClN2O2/c1-8(2)14-12(16)13(15(19)20)17-18(14)11-6-5-9(3)7-10(11)4/h5-8H,1-4H3,(H,19,20). The van der Waals surface area contributed by atoms with Gasteiger partial charge in [0.25, 0.3) is 0 Å². The van der Waals surface area contributed by atoms with Crippen molar-refractivity contribution in [3.63, 3.8) is 0 Å². The fraction of sp³-hybridized carbons (Fsp3) is 0.333. The Morgan fingerprint density at radius 2 is 2.00 bits per heavy atom. The highest BCUT2D eigenvalue weighted by atomic mass is 35.5. The van der Waals surface area contributed by atoms with Crippen molar-refractivity contribution < 1.29 is 9.90 Å². The minimum atomic E-state index is -1.11. The molecule has 0 aliphatic heterocycles. The predicted molar refractivity (Wildman–Crippen MR) is 79.1 cm³/mol. The van der Waals surface area contributed by atoms with Crippen molar-refractivity contribution in [1.29, 1.82) is 0 Å². The van der Waals surface area contributed by atoms with Crippen LogP contribution in [0.2, 0.25) is 5.02 Å². The molecule has 0 atom stereocenters. The van der Waals surface area contributed by atoms with Gasteiger partial charge in [-0.25, -0.2) is 9.48 Å². The Morgan fingerprint density at radius 1 is 1.35 bits per heavy atom. The van der Waals surface area contributed by atoms with Crippen molar-refractivity contribution in [3.8, 4) is 5.69 Å². The average molecular weight is 293 g/mol. The van der Waals surface area contributed by atoms with Crippen molar-refractivity contribution in [3.05, 3.63) is 45.7 Å². The minimum Gasteiger partial charge on any atom is -0.476 e. The van der Waals surface area contributed by atoms with E-state index in [1.54, 1.807) is 4.68 Å². The number of hydrogen-bond acceptors (Lipinski definition) is 2. The third-order valence-electron chi connectivity index (χ3n) is 3.19. The van der Waals surface area contributed by atoms with Gasteiger partial charge in [0.05, 0.1) is 16.4 Å². The van der Waals surface area contributed by atoms with Crippen LogP contribution in [-0.2, 0) is 0 Å². The van der Waals surface area contributed by atoms with Crippen LogP contribution in [0.25, 0.3) is 5.69 Å². The molecular weight excluding hydrogens is 276 g/mol. The lowest BCUT2D eigenvalue weighted by atomic mass is 10.1. The number of hydrogen-bond donors (Lipinski definition) is 1. The monoisotopic (exact) mass is 292 g/mol. The van der Waals surface area contributed by atoms with Crippen molar-refractivity contribution in [2.45, 2.75) is 33.6 Å². The zero-order valence-electron chi connectivity index (χ0n) is 11.9. The number of benzene rings is 1. The van der Waals surface area contributed by atoms with Crippen LogP contribution in [0.5, 0.6) is 0 Å². The second-order valence-electron chi connectivity index (χ2n) is 5.21. The van der Waals surface area contributed by atoms with Crippen molar-refractivity contribution in [2.24, 2.45) is 0 Å². The molecule has 0 bridgehead atoms. The molecule has 1 heterocycles. The Bertz CT molecular complexity index is 675. The van der Waals surface area contributed by atoms with E-state index in [4.69, 9.17) is 11.6 Å². The number of aryl methyl sites for hydroxylation is 2. The van der Waals surface area contributed by atoms with Crippen LogP contribution in [0.15, 0.2) is 18.2 Å². The lowest BCUT2D eigenvalue weighted by Gasteiger charge is -2.13. The molecule has 0 amide bonds. The molecule has 0 unspecified atom stereocenters. The SMILES string of the molecule is Cc1ccc(-n2nc(C(=O)O)c(Cl)c2C(C)C)c(C)c1. The van der Waals surface area contributed by atoms with Crippen LogP contribution in [0.1, 0.15) is 47.1 Å². The lowest BCUT2D eigenvalue weighted by molar-refractivity contribution is 0.0690. The number of rotatable bonds is 3. The number of carbonyl (C=O) groups is 1. The smallest absolute Gasteiger partial charge is 0.358 e. The quantitative estimate of drug-likeness (QED) is 0.931. The molecule has 1 N–H and O–H groups in total. The number of halogens is 1. The number of aromatic nitrogens is 2. The van der Waals surface area contributed by atoms with E-state index in [0.717, 1.165) is 22.5 Å². The van der Waals surface area contributed by atoms with Crippen molar-refractivity contribution >= 4 is 17.6 Å². The topological polar surface area (TPSA) is 55.1 Å². The van der Waals surface area contributed by atoms with E-state index >= 15 is 0 Å². The third-order valence-corrected chi connectivity index (χ3v) is 3.56. The molecule has 4 nitrogen and oxygen atoms in total. The summed E-state index contributed by atoms with van der Waals surface area (Å²) in [6.07, 6.45) is 0. The van der Waals surface area contributed by atoms with Gasteiger partial charge in [0.1, 0.15) is 0 Å². The van der Waals surface area contributed by atoms with Gasteiger partial charge < -0.3 is 5.11 Å². The Hall–Kier alpha value is -1.81. The maximum absolute atomic E-state index is 11.2. The number of aromatic carboxylic acids is 1. The van der Waals surface area contributed by atoms with Crippen LogP contribution in [0.4, 0.5) is 0 Å². The molecule has 1 aromatic carbocycles. The number of nitrogens with zero attached hydrogens (tertiary/aromatic N) is 2. The van der Waals surface area contributed by atoms with Crippen LogP contribution in [0, 0.1) is 13.8 Å². The Labute approximate surface area is 123 Å². The first-order valence-corrected chi connectivity index (χ1v) is 6.80. The first-order chi connectivity index (χ1) is 9.32. The summed E-state index contributed by atoms with van der Waals surface area (Å²) in [6, 6.07) is 5.95. The number of carboxylic acid groups (broad SMARTS) is 1. The van der Waals surface area contributed by atoms with Gasteiger partial charge in [-0.3, -0.25) is 0 Å². The maximum atomic E-state index is 11.2. The van der Waals surface area contributed by atoms with E-state index in [-0.39, 0.29) is 16.6 Å². The van der Waals surface area contributed by atoms with Gasteiger partial charge in [0.2, 0.25) is 0 Å². The Balaban J connectivity index is 2.73. The summed E-state index contributed by atoms with van der Waals surface area (Å²) in [6.45, 7) is 7.92. The molecule has 0 fully saturated rings. The largest absolute Gasteiger partial charge is 0.476 e. The summed E-state index contributed by atoms with van der Waals surface area (Å²) < 4.78 is 1.64. The normalized spacial score (nSPS) is 11.1. The molecule has 0 radical (unpaired) electrons. The fourth-order valence-corrected chi connectivity index (χ4v) is 2.69. The minimum absolute atomic E-state index is 0.0730. The van der Waals surface area contributed by atoms with Crippen LogP contribution in [-0.4, -0.2) is 20.9 Å². The molecule has 0 saturated carbocycles. The van der Waals surface area contributed by atoms with E-state index in [2.05, 4.69) is 5.10 Å². The summed E-state index contributed by atoms with van der Waals surface area (Å²) in [7, 11) is 0. The van der Waals surface area contributed by atoms with Gasteiger partial charge in [0.15, 0.2) is 5.69 Å². The summed E-state index contributed by atoms with van der Waals surface area (Å²) in [5.41, 5.74) is 3.65. The molecule has 0 aliphatic carbocycles. The van der Waals surface area contributed by atoms with E-state index in [0.29, 0.717) is 0 Å². The average Bonchev–Trinajstić information content (AvgIpc) is 2.66. The predicted octanol–water partition coefficient (Wildman–Crippen LogP) is 3.96. The molecular formula is C15H17ClN2O2. The molecule has 0 spiro atoms. The Morgan fingerprint density at radius 3 is 2.50 bits per heavy atom. The zero-order chi connectivity index (χ0) is 15.0. The third kappa shape index (κ3) is 2.43. The zero-order valence-corrected chi connectivity index (χ0v) is 12.7. The molecule has 2 aromatic rings. The van der Waals surface area contributed by atoms with E-state index in [1.165, 1.54) is 0 Å². The van der Waals surface area contributed by atoms with Crippen molar-refractivity contribution in [2.75, 3.05) is 0 Å². The van der Waals surface area contributed by atoms with E-state index in [9.17, 15) is 9.90 Å². The van der Waals surface area contributed by atoms with Crippen LogP contribution in [0.3, 0.4) is 0 Å². The second kappa shape index (κ2) is 5.29. The van der Waals surface area contributed by atoms with Crippen LogP contribution < -0.4 is 0 Å². The highest BCUT2D eigenvalue weighted by Gasteiger charge is 2.24. The molecule has 0 aliphatic rings. The fourth-order valence-electron chi connectivity index (χ4n) is 2.27. The van der Waals surface area contributed by atoms with Crippen molar-refractivity contribution in [1.82, 2.24) is 9.78 Å². The highest BCUT2D eigenvalue weighted by molar-refractivity contribution is 6.34. The van der Waals surface area contributed by atoms with Gasteiger partial charge in [-0.1, -0.05) is 43.1 Å². The summed E-state index contributed by atoms with van der Waals surface area (Å²) in [4.78, 5) is 11.2. The highest BCUT2D eigenvalue weighted by Crippen LogP contribution is 2.31. The van der Waals surface area contributed by atoms with Crippen LogP contribution >= 0.6 is 11.6 Å². The molecule has 20 heavy (non-hydrogen) atoms. The second-order valence-corrected chi connectivity index (χ2v) is 5.59. The maximum Gasteiger partial charge on any atom is 0.358 e. The molecule has 0 saturated heterocycles. The van der Waals surface area contributed by atoms with E-state index in [1.807, 2.05) is 45.9 Å². The molecule has 106 valence electrons. The first kappa shape index (κ1) is 14.6. The van der Waals surface area contributed by atoms with Gasteiger partial charge in [-0.05, 0) is 31.4 Å². The van der Waals surface area contributed by atoms with Gasteiger partial charge >= 0.3 is 5.97 Å². The first-order valence-electron chi connectivity index (χ1n) is 6.42. The summed E-state index contributed by atoms with van der Waals surface area (Å²) >= 11 is 6.19. The molecule has 2 rings (SSSR count).